The first-order chi connectivity index (χ1) is 11.1. The average molecular weight is 412 g/mol. The molecular weight excluding hydrogens is 399 g/mol. The molecule has 0 spiro atoms. The predicted molar refractivity (Wildman–Crippen MR) is 97.8 cm³/mol. The van der Waals surface area contributed by atoms with Crippen LogP contribution in [0.1, 0.15) is 22.3 Å². The summed E-state index contributed by atoms with van der Waals surface area (Å²) in [4.78, 5) is 12.8. The molecule has 0 fully saturated rings. The number of carbonyl (C=O) groups excluding carboxylic acids is 1. The fourth-order valence-electron chi connectivity index (χ4n) is 2.39. The molecule has 1 unspecified atom stereocenters. The fraction of sp³-hybridized carbons (Fsp3) is 0.176. The third kappa shape index (κ3) is 3.60. The molecule has 118 valence electrons. The molecule has 0 aliphatic carbocycles. The van der Waals surface area contributed by atoms with E-state index in [1.54, 1.807) is 18.2 Å². The van der Waals surface area contributed by atoms with Gasteiger partial charge in [-0.05, 0) is 30.2 Å². The number of carbonyl (C=O) groups is 1. The van der Waals surface area contributed by atoms with Gasteiger partial charge in [-0.1, -0.05) is 69.5 Å². The lowest BCUT2D eigenvalue weighted by molar-refractivity contribution is 0.0753. The summed E-state index contributed by atoms with van der Waals surface area (Å²) in [5.74, 6) is -0.184. The van der Waals surface area contributed by atoms with E-state index in [0.717, 1.165) is 17.7 Å². The number of nitrogens with zero attached hydrogens (tertiary/aromatic N) is 2. The second-order valence-corrected chi connectivity index (χ2v) is 7.08. The van der Waals surface area contributed by atoms with Crippen LogP contribution in [-0.4, -0.2) is 28.0 Å². The molecule has 0 saturated heterocycles. The van der Waals surface area contributed by atoms with Gasteiger partial charge in [-0.2, -0.15) is 5.10 Å². The van der Waals surface area contributed by atoms with Crippen molar-refractivity contribution in [1.29, 1.82) is 0 Å². The van der Waals surface area contributed by atoms with Crippen LogP contribution in [-0.2, 0) is 0 Å². The van der Waals surface area contributed by atoms with Gasteiger partial charge in [-0.15, -0.1) is 0 Å². The highest BCUT2D eigenvalue weighted by molar-refractivity contribution is 9.10. The Morgan fingerprint density at radius 2 is 1.87 bits per heavy atom. The lowest BCUT2D eigenvalue weighted by Gasteiger charge is -2.27. The Bertz CT molecular complexity index is 764. The first-order valence-corrected chi connectivity index (χ1v) is 8.78. The molecule has 3 rings (SSSR count). The van der Waals surface area contributed by atoms with Crippen LogP contribution in [0.15, 0.2) is 53.6 Å². The van der Waals surface area contributed by atoms with Gasteiger partial charge in [0.15, 0.2) is 0 Å². The van der Waals surface area contributed by atoms with Gasteiger partial charge in [0.05, 0.1) is 20.6 Å². The minimum Gasteiger partial charge on any atom is -0.267 e. The minimum absolute atomic E-state index is 0.128. The number of alkyl halides is 1. The molecule has 0 radical (unpaired) electrons. The highest BCUT2D eigenvalue weighted by atomic mass is 79.9. The van der Waals surface area contributed by atoms with Crippen molar-refractivity contribution in [2.45, 2.75) is 11.2 Å². The third-order valence-electron chi connectivity index (χ3n) is 3.59. The van der Waals surface area contributed by atoms with Gasteiger partial charge in [0, 0.05) is 12.1 Å². The largest absolute Gasteiger partial charge is 0.274 e. The molecule has 1 aliphatic rings. The zero-order chi connectivity index (χ0) is 16.4. The number of benzene rings is 2. The molecular formula is C17H13BrCl2N2O. The van der Waals surface area contributed by atoms with Gasteiger partial charge in [0.2, 0.25) is 0 Å². The first-order valence-electron chi connectivity index (χ1n) is 7.11. The Balaban J connectivity index is 1.91. The summed E-state index contributed by atoms with van der Waals surface area (Å²) in [6, 6.07) is 14.7. The molecule has 1 heterocycles. The van der Waals surface area contributed by atoms with E-state index < -0.39 is 0 Å². The van der Waals surface area contributed by atoms with E-state index in [-0.39, 0.29) is 10.7 Å². The predicted octanol–water partition coefficient (Wildman–Crippen LogP) is 5.01. The Labute approximate surface area is 153 Å². The molecule has 0 aromatic heterocycles. The van der Waals surface area contributed by atoms with Gasteiger partial charge in [0.25, 0.3) is 5.91 Å². The standard InChI is InChI=1S/C17H13BrCl2N2O/c18-13-8-9-22(21-16(13)11-4-2-1-3-5-11)17(23)12-6-7-14(19)15(20)10-12/h1-7,10,13H,8-9H2. The van der Waals surface area contributed by atoms with Crippen LogP contribution in [0.2, 0.25) is 10.0 Å². The number of halogens is 3. The van der Waals surface area contributed by atoms with E-state index in [4.69, 9.17) is 23.2 Å². The van der Waals surface area contributed by atoms with Crippen molar-refractivity contribution in [2.24, 2.45) is 5.10 Å². The van der Waals surface area contributed by atoms with Crippen molar-refractivity contribution in [1.82, 2.24) is 5.01 Å². The van der Waals surface area contributed by atoms with Gasteiger partial charge in [0.1, 0.15) is 0 Å². The Morgan fingerprint density at radius 1 is 1.13 bits per heavy atom. The normalized spacial score (nSPS) is 17.8. The molecule has 1 aliphatic heterocycles. The molecule has 0 N–H and O–H groups in total. The maximum absolute atomic E-state index is 12.6. The number of hydrogen-bond donors (Lipinski definition) is 0. The van der Waals surface area contributed by atoms with E-state index >= 15 is 0 Å². The summed E-state index contributed by atoms with van der Waals surface area (Å²) in [7, 11) is 0. The van der Waals surface area contributed by atoms with Crippen molar-refractivity contribution < 1.29 is 4.79 Å². The topological polar surface area (TPSA) is 32.7 Å². The zero-order valence-electron chi connectivity index (χ0n) is 12.0. The Hall–Kier alpha value is -1.36. The van der Waals surface area contributed by atoms with E-state index in [1.807, 2.05) is 30.3 Å². The summed E-state index contributed by atoms with van der Waals surface area (Å²) in [6.45, 7) is 0.547. The number of rotatable bonds is 2. The van der Waals surface area contributed by atoms with Crippen LogP contribution in [0.5, 0.6) is 0 Å². The average Bonchev–Trinajstić information content (AvgIpc) is 2.58. The highest BCUT2D eigenvalue weighted by Gasteiger charge is 2.26. The molecule has 1 atom stereocenters. The van der Waals surface area contributed by atoms with Crippen LogP contribution in [0, 0.1) is 0 Å². The van der Waals surface area contributed by atoms with E-state index in [9.17, 15) is 4.79 Å². The Morgan fingerprint density at radius 3 is 2.57 bits per heavy atom. The van der Waals surface area contributed by atoms with Crippen LogP contribution in [0.25, 0.3) is 0 Å². The SMILES string of the molecule is O=C(c1ccc(Cl)c(Cl)c1)N1CCC(Br)C(c2ccccc2)=N1. The van der Waals surface area contributed by atoms with Gasteiger partial charge < -0.3 is 0 Å². The third-order valence-corrected chi connectivity index (χ3v) is 5.22. The number of hydrogen-bond acceptors (Lipinski definition) is 2. The van der Waals surface area contributed by atoms with Crippen LogP contribution < -0.4 is 0 Å². The highest BCUT2D eigenvalue weighted by Crippen LogP contribution is 2.25. The van der Waals surface area contributed by atoms with E-state index in [0.29, 0.717) is 22.2 Å². The smallest absolute Gasteiger partial charge is 0.267 e. The maximum Gasteiger partial charge on any atom is 0.274 e. The van der Waals surface area contributed by atoms with Crippen molar-refractivity contribution in [3.8, 4) is 0 Å². The second kappa shape index (κ2) is 7.04. The molecule has 6 heteroatoms. The van der Waals surface area contributed by atoms with E-state index in [1.165, 1.54) is 5.01 Å². The summed E-state index contributed by atoms with van der Waals surface area (Å²) >= 11 is 15.5. The fourth-order valence-corrected chi connectivity index (χ4v) is 3.25. The van der Waals surface area contributed by atoms with Gasteiger partial charge >= 0.3 is 0 Å². The van der Waals surface area contributed by atoms with Crippen molar-refractivity contribution in [3.05, 3.63) is 69.7 Å². The molecule has 23 heavy (non-hydrogen) atoms. The van der Waals surface area contributed by atoms with Crippen LogP contribution in [0.4, 0.5) is 0 Å². The molecule has 2 aromatic rings. The molecule has 2 aromatic carbocycles. The minimum atomic E-state index is -0.184. The second-order valence-electron chi connectivity index (χ2n) is 5.16. The first kappa shape index (κ1) is 16.5. The molecule has 0 saturated carbocycles. The summed E-state index contributed by atoms with van der Waals surface area (Å²) < 4.78 is 0. The molecule has 1 amide bonds. The Kier molecular flexibility index (Phi) is 5.05. The molecule has 0 bridgehead atoms. The summed E-state index contributed by atoms with van der Waals surface area (Å²) in [6.07, 6.45) is 0.792. The monoisotopic (exact) mass is 410 g/mol. The quantitative estimate of drug-likeness (QED) is 0.639. The van der Waals surface area contributed by atoms with Gasteiger partial charge in [-0.3, -0.25) is 4.79 Å². The number of hydrazone groups is 1. The van der Waals surface area contributed by atoms with Gasteiger partial charge in [-0.25, -0.2) is 5.01 Å². The van der Waals surface area contributed by atoms with Crippen LogP contribution >= 0.6 is 39.1 Å². The number of amides is 1. The lowest BCUT2D eigenvalue weighted by Crippen LogP contribution is -2.36. The van der Waals surface area contributed by atoms with Crippen molar-refractivity contribution in [3.63, 3.8) is 0 Å². The van der Waals surface area contributed by atoms with Crippen molar-refractivity contribution in [2.75, 3.05) is 6.54 Å². The van der Waals surface area contributed by atoms with E-state index in [2.05, 4.69) is 21.0 Å². The summed E-state index contributed by atoms with van der Waals surface area (Å²) in [5.41, 5.74) is 2.33. The van der Waals surface area contributed by atoms with Crippen molar-refractivity contribution >= 4 is 50.8 Å². The zero-order valence-corrected chi connectivity index (χ0v) is 15.1. The van der Waals surface area contributed by atoms with Crippen LogP contribution in [0.3, 0.4) is 0 Å². The molecule has 3 nitrogen and oxygen atoms in total. The maximum atomic E-state index is 12.6. The lowest BCUT2D eigenvalue weighted by atomic mass is 10.0. The summed E-state index contributed by atoms with van der Waals surface area (Å²) in [5, 5.41) is 6.81.